The molecule has 2 saturated heterocycles. The monoisotopic (exact) mass is 275 g/mol. The normalized spacial score (nSPS) is 25.9. The molecule has 0 unspecified atom stereocenters. The molecule has 1 amide bonds. The number of pyridine rings is 1. The van der Waals surface area contributed by atoms with Crippen LogP contribution in [0, 0.1) is 11.8 Å². The molecule has 3 heterocycles. The van der Waals surface area contributed by atoms with Gasteiger partial charge in [0.05, 0.1) is 5.69 Å². The first-order valence-corrected chi connectivity index (χ1v) is 7.15. The zero-order chi connectivity index (χ0) is 13.9. The van der Waals surface area contributed by atoms with Crippen LogP contribution in [0.15, 0.2) is 24.4 Å². The van der Waals surface area contributed by atoms with E-state index in [0.717, 1.165) is 38.4 Å². The van der Waals surface area contributed by atoms with Crippen molar-refractivity contribution in [1.29, 1.82) is 0 Å². The van der Waals surface area contributed by atoms with Crippen molar-refractivity contribution in [2.45, 2.75) is 6.54 Å². The van der Waals surface area contributed by atoms with Crippen molar-refractivity contribution >= 4 is 5.91 Å². The predicted molar refractivity (Wildman–Crippen MR) is 75.0 cm³/mol. The minimum absolute atomic E-state index is 0.123. The van der Waals surface area contributed by atoms with Crippen LogP contribution in [0.2, 0.25) is 0 Å². The molecule has 1 aromatic rings. The van der Waals surface area contributed by atoms with Crippen LogP contribution in [0.3, 0.4) is 0 Å². The maximum Gasteiger partial charge on any atom is 0.248 e. The van der Waals surface area contributed by atoms with Crippen LogP contribution in [0.25, 0.3) is 0 Å². The van der Waals surface area contributed by atoms with E-state index >= 15 is 0 Å². The molecule has 2 atom stereocenters. The van der Waals surface area contributed by atoms with Crippen LogP contribution in [0.5, 0.6) is 0 Å². The SMILES string of the molecule is COCC(=O)N1C[C@@H]2CN(Cc3ccccn3)C[C@H]2C1. The van der Waals surface area contributed by atoms with Crippen LogP contribution in [-0.2, 0) is 16.1 Å². The number of carbonyl (C=O) groups excluding carboxylic acids is 1. The number of hydrogen-bond donors (Lipinski definition) is 0. The van der Waals surface area contributed by atoms with Gasteiger partial charge in [-0.3, -0.25) is 14.7 Å². The zero-order valence-electron chi connectivity index (χ0n) is 11.9. The van der Waals surface area contributed by atoms with Gasteiger partial charge in [-0.1, -0.05) is 6.07 Å². The highest BCUT2D eigenvalue weighted by atomic mass is 16.5. The van der Waals surface area contributed by atoms with E-state index in [0.29, 0.717) is 11.8 Å². The predicted octanol–water partition coefficient (Wildman–Crippen LogP) is 0.618. The van der Waals surface area contributed by atoms with Crippen molar-refractivity contribution in [3.05, 3.63) is 30.1 Å². The molecule has 0 spiro atoms. The van der Waals surface area contributed by atoms with Gasteiger partial charge in [0.2, 0.25) is 5.91 Å². The molecular weight excluding hydrogens is 254 g/mol. The summed E-state index contributed by atoms with van der Waals surface area (Å²) < 4.78 is 4.93. The first-order chi connectivity index (χ1) is 9.76. The van der Waals surface area contributed by atoms with E-state index in [1.54, 1.807) is 7.11 Å². The summed E-state index contributed by atoms with van der Waals surface area (Å²) in [5.74, 6) is 1.34. The van der Waals surface area contributed by atoms with E-state index in [4.69, 9.17) is 4.74 Å². The Balaban J connectivity index is 1.52. The van der Waals surface area contributed by atoms with E-state index in [2.05, 4.69) is 16.0 Å². The van der Waals surface area contributed by atoms with Crippen LogP contribution >= 0.6 is 0 Å². The molecule has 1 aromatic heterocycles. The van der Waals surface area contributed by atoms with Crippen molar-refractivity contribution in [1.82, 2.24) is 14.8 Å². The van der Waals surface area contributed by atoms with Gasteiger partial charge in [-0.25, -0.2) is 0 Å². The third-order valence-corrected chi connectivity index (χ3v) is 4.29. The summed E-state index contributed by atoms with van der Waals surface area (Å²) in [6, 6.07) is 6.05. The van der Waals surface area contributed by atoms with Crippen molar-refractivity contribution < 1.29 is 9.53 Å². The van der Waals surface area contributed by atoms with Gasteiger partial charge >= 0.3 is 0 Å². The minimum Gasteiger partial charge on any atom is -0.375 e. The number of carbonyl (C=O) groups is 1. The number of methoxy groups -OCH3 is 1. The Labute approximate surface area is 119 Å². The highest BCUT2D eigenvalue weighted by Gasteiger charge is 2.41. The Bertz CT molecular complexity index is 451. The van der Waals surface area contributed by atoms with Crippen molar-refractivity contribution in [3.63, 3.8) is 0 Å². The summed E-state index contributed by atoms with van der Waals surface area (Å²) in [5.41, 5.74) is 1.12. The second-order valence-corrected chi connectivity index (χ2v) is 5.77. The Morgan fingerprint density at radius 1 is 1.30 bits per heavy atom. The summed E-state index contributed by atoms with van der Waals surface area (Å²) in [5, 5.41) is 0. The first kappa shape index (κ1) is 13.5. The smallest absolute Gasteiger partial charge is 0.248 e. The molecule has 3 rings (SSSR count). The quantitative estimate of drug-likeness (QED) is 0.808. The molecule has 2 aliphatic heterocycles. The Kier molecular flexibility index (Phi) is 3.98. The van der Waals surface area contributed by atoms with Crippen molar-refractivity contribution in [3.8, 4) is 0 Å². The third kappa shape index (κ3) is 2.83. The van der Waals surface area contributed by atoms with Gasteiger partial charge in [-0.15, -0.1) is 0 Å². The molecule has 20 heavy (non-hydrogen) atoms. The van der Waals surface area contributed by atoms with Gasteiger partial charge < -0.3 is 9.64 Å². The number of rotatable bonds is 4. The maximum absolute atomic E-state index is 11.8. The summed E-state index contributed by atoms with van der Waals surface area (Å²) in [6.45, 7) is 5.02. The number of hydrogen-bond acceptors (Lipinski definition) is 4. The molecule has 108 valence electrons. The minimum atomic E-state index is 0.123. The lowest BCUT2D eigenvalue weighted by Gasteiger charge is -2.21. The number of ether oxygens (including phenoxy) is 1. The highest BCUT2D eigenvalue weighted by molar-refractivity contribution is 5.77. The molecule has 5 heteroatoms. The van der Waals surface area contributed by atoms with Crippen LogP contribution in [0.4, 0.5) is 0 Å². The van der Waals surface area contributed by atoms with E-state index < -0.39 is 0 Å². The Morgan fingerprint density at radius 2 is 2.05 bits per heavy atom. The summed E-state index contributed by atoms with van der Waals surface area (Å²) in [7, 11) is 1.57. The summed E-state index contributed by atoms with van der Waals surface area (Å²) in [6.07, 6.45) is 1.84. The molecule has 0 aromatic carbocycles. The van der Waals surface area contributed by atoms with Gasteiger partial charge in [-0.05, 0) is 24.0 Å². The van der Waals surface area contributed by atoms with Crippen molar-refractivity contribution in [2.75, 3.05) is 39.9 Å². The number of amides is 1. The lowest BCUT2D eigenvalue weighted by molar-refractivity contribution is -0.134. The highest BCUT2D eigenvalue weighted by Crippen LogP contribution is 2.31. The zero-order valence-corrected chi connectivity index (χ0v) is 11.9. The fourth-order valence-electron chi connectivity index (χ4n) is 3.36. The van der Waals surface area contributed by atoms with Crippen LogP contribution < -0.4 is 0 Å². The maximum atomic E-state index is 11.8. The topological polar surface area (TPSA) is 45.7 Å². The van der Waals surface area contributed by atoms with Crippen molar-refractivity contribution in [2.24, 2.45) is 11.8 Å². The average Bonchev–Trinajstić information content (AvgIpc) is 2.98. The molecule has 5 nitrogen and oxygen atoms in total. The lowest BCUT2D eigenvalue weighted by Crippen LogP contribution is -2.35. The van der Waals surface area contributed by atoms with Crippen LogP contribution in [-0.4, -0.2) is 60.6 Å². The summed E-state index contributed by atoms with van der Waals surface area (Å²) >= 11 is 0. The number of fused-ring (bicyclic) bond motifs is 1. The third-order valence-electron chi connectivity index (χ3n) is 4.29. The van der Waals surface area contributed by atoms with Gasteiger partial charge in [0.1, 0.15) is 6.61 Å². The van der Waals surface area contributed by atoms with Gasteiger partial charge in [0.25, 0.3) is 0 Å². The lowest BCUT2D eigenvalue weighted by atomic mass is 10.0. The molecular formula is C15H21N3O2. The fourth-order valence-corrected chi connectivity index (χ4v) is 3.36. The van der Waals surface area contributed by atoms with E-state index in [9.17, 15) is 4.79 Å². The van der Waals surface area contributed by atoms with Crippen LogP contribution in [0.1, 0.15) is 5.69 Å². The fraction of sp³-hybridized carbons (Fsp3) is 0.600. The molecule has 0 aliphatic carbocycles. The van der Waals surface area contributed by atoms with Gasteiger partial charge in [0.15, 0.2) is 0 Å². The molecule has 0 bridgehead atoms. The Morgan fingerprint density at radius 3 is 2.65 bits per heavy atom. The van der Waals surface area contributed by atoms with E-state index in [1.165, 1.54) is 0 Å². The van der Waals surface area contributed by atoms with E-state index in [-0.39, 0.29) is 12.5 Å². The number of likely N-dealkylation sites (tertiary alicyclic amines) is 2. The number of aromatic nitrogens is 1. The average molecular weight is 275 g/mol. The molecule has 2 aliphatic rings. The molecule has 0 N–H and O–H groups in total. The Hall–Kier alpha value is -1.46. The standard InChI is InChI=1S/C15H21N3O2/c1-20-11-15(19)18-8-12-6-17(7-13(12)9-18)10-14-4-2-3-5-16-14/h2-5,12-13H,6-11H2,1H3/t12-,13-/m0/s1. The molecule has 2 fully saturated rings. The number of nitrogens with zero attached hydrogens (tertiary/aromatic N) is 3. The largest absolute Gasteiger partial charge is 0.375 e. The first-order valence-electron chi connectivity index (χ1n) is 7.15. The molecule has 0 saturated carbocycles. The van der Waals surface area contributed by atoms with Gasteiger partial charge in [0, 0.05) is 46.0 Å². The second kappa shape index (κ2) is 5.89. The summed E-state index contributed by atoms with van der Waals surface area (Å²) in [4.78, 5) is 20.6. The van der Waals surface area contributed by atoms with Gasteiger partial charge in [-0.2, -0.15) is 0 Å². The van der Waals surface area contributed by atoms with E-state index in [1.807, 2.05) is 23.2 Å². The molecule has 0 radical (unpaired) electrons. The second-order valence-electron chi connectivity index (χ2n) is 5.77.